The zero-order valence-electron chi connectivity index (χ0n) is 17.3. The summed E-state index contributed by atoms with van der Waals surface area (Å²) in [6.07, 6.45) is 0. The van der Waals surface area contributed by atoms with Gasteiger partial charge in [-0.15, -0.1) is 0 Å². The van der Waals surface area contributed by atoms with Crippen molar-refractivity contribution in [1.82, 2.24) is 9.97 Å². The van der Waals surface area contributed by atoms with E-state index in [9.17, 15) is 4.79 Å². The van der Waals surface area contributed by atoms with Gasteiger partial charge in [0, 0.05) is 18.3 Å². The summed E-state index contributed by atoms with van der Waals surface area (Å²) in [5.41, 5.74) is 3.38. The largest absolute Gasteiger partial charge is 0.462 e. The summed E-state index contributed by atoms with van der Waals surface area (Å²) in [5, 5.41) is 3.26. The van der Waals surface area contributed by atoms with E-state index in [0.717, 1.165) is 18.1 Å². The summed E-state index contributed by atoms with van der Waals surface area (Å²) >= 11 is 0. The fourth-order valence-electron chi connectivity index (χ4n) is 3.14. The first-order chi connectivity index (χ1) is 14.0. The fraction of sp³-hybridized carbons (Fsp3) is 0.261. The maximum absolute atomic E-state index is 12.3. The number of anilines is 4. The van der Waals surface area contributed by atoms with Gasteiger partial charge < -0.3 is 15.0 Å². The van der Waals surface area contributed by atoms with Crippen molar-refractivity contribution in [1.29, 1.82) is 0 Å². The molecule has 0 aliphatic rings. The zero-order valence-corrected chi connectivity index (χ0v) is 17.3. The molecule has 1 heterocycles. The molecular weight excluding hydrogens is 364 g/mol. The molecule has 0 radical (unpaired) electrons. The first-order valence-electron chi connectivity index (χ1n) is 9.75. The second kappa shape index (κ2) is 9.19. The minimum Gasteiger partial charge on any atom is -0.462 e. The number of rotatable bonds is 7. The molecule has 6 nitrogen and oxygen atoms in total. The number of nitrogens with one attached hydrogen (secondary N) is 1. The molecule has 0 bridgehead atoms. The fourth-order valence-corrected chi connectivity index (χ4v) is 3.14. The molecule has 0 saturated heterocycles. The van der Waals surface area contributed by atoms with Crippen LogP contribution in [0, 0.1) is 13.8 Å². The van der Waals surface area contributed by atoms with Gasteiger partial charge >= 0.3 is 5.97 Å². The molecule has 0 amide bonds. The summed E-state index contributed by atoms with van der Waals surface area (Å²) in [7, 11) is 0. The van der Waals surface area contributed by atoms with Crippen molar-refractivity contribution in [2.45, 2.75) is 27.7 Å². The Labute approximate surface area is 171 Å². The quantitative estimate of drug-likeness (QED) is 0.561. The lowest BCUT2D eigenvalue weighted by atomic mass is 10.2. The standard InChI is InChI=1S/C23H26N4O2/c1-5-27(18-11-9-10-16(3)14-18)22-15-21(24-17(4)25-22)26-20-13-8-7-12-19(20)23(28)29-6-2/h7-15H,5-6H2,1-4H3,(H,24,25,26). The van der Waals surface area contributed by atoms with Gasteiger partial charge in [-0.25, -0.2) is 14.8 Å². The predicted molar refractivity (Wildman–Crippen MR) is 116 cm³/mol. The number of hydrogen-bond donors (Lipinski definition) is 1. The molecule has 150 valence electrons. The van der Waals surface area contributed by atoms with Gasteiger partial charge in [0.25, 0.3) is 0 Å². The van der Waals surface area contributed by atoms with E-state index < -0.39 is 0 Å². The van der Waals surface area contributed by atoms with Gasteiger partial charge in [-0.05, 0) is 57.5 Å². The number of nitrogens with zero attached hydrogens (tertiary/aromatic N) is 3. The zero-order chi connectivity index (χ0) is 20.8. The Morgan fingerprint density at radius 1 is 1.03 bits per heavy atom. The minimum absolute atomic E-state index is 0.325. The number of hydrogen-bond acceptors (Lipinski definition) is 6. The van der Waals surface area contributed by atoms with Gasteiger partial charge in [0.2, 0.25) is 0 Å². The van der Waals surface area contributed by atoms with Crippen molar-refractivity contribution < 1.29 is 9.53 Å². The van der Waals surface area contributed by atoms with Crippen molar-refractivity contribution in [2.24, 2.45) is 0 Å². The number of esters is 1. The third-order valence-corrected chi connectivity index (χ3v) is 4.42. The van der Waals surface area contributed by atoms with E-state index in [1.54, 1.807) is 13.0 Å². The predicted octanol–water partition coefficient (Wildman–Crippen LogP) is 5.17. The highest BCUT2D eigenvalue weighted by Crippen LogP contribution is 2.28. The Kier molecular flexibility index (Phi) is 6.44. The highest BCUT2D eigenvalue weighted by molar-refractivity contribution is 5.96. The van der Waals surface area contributed by atoms with Gasteiger partial charge in [0.15, 0.2) is 0 Å². The lowest BCUT2D eigenvalue weighted by Crippen LogP contribution is -2.18. The highest BCUT2D eigenvalue weighted by Gasteiger charge is 2.15. The smallest absolute Gasteiger partial charge is 0.340 e. The molecule has 3 aromatic rings. The van der Waals surface area contributed by atoms with E-state index >= 15 is 0 Å². The van der Waals surface area contributed by atoms with Crippen LogP contribution in [-0.4, -0.2) is 29.1 Å². The van der Waals surface area contributed by atoms with Gasteiger partial charge in [0.1, 0.15) is 17.5 Å². The van der Waals surface area contributed by atoms with Crippen LogP contribution in [0.25, 0.3) is 0 Å². The van der Waals surface area contributed by atoms with Crippen LogP contribution >= 0.6 is 0 Å². The van der Waals surface area contributed by atoms with Crippen LogP contribution in [0.5, 0.6) is 0 Å². The van der Waals surface area contributed by atoms with Crippen molar-refractivity contribution in [3.05, 3.63) is 71.5 Å². The van der Waals surface area contributed by atoms with Crippen molar-refractivity contribution in [3.63, 3.8) is 0 Å². The van der Waals surface area contributed by atoms with Gasteiger partial charge in [-0.2, -0.15) is 0 Å². The van der Waals surface area contributed by atoms with E-state index in [1.165, 1.54) is 5.56 Å². The van der Waals surface area contributed by atoms with Crippen molar-refractivity contribution >= 4 is 29.0 Å². The highest BCUT2D eigenvalue weighted by atomic mass is 16.5. The molecule has 0 atom stereocenters. The topological polar surface area (TPSA) is 67.3 Å². The number of benzene rings is 2. The molecule has 1 aromatic heterocycles. The number of carbonyl (C=O) groups is 1. The molecule has 0 spiro atoms. The second-order valence-electron chi connectivity index (χ2n) is 6.63. The lowest BCUT2D eigenvalue weighted by Gasteiger charge is -2.23. The molecule has 6 heteroatoms. The van der Waals surface area contributed by atoms with Crippen molar-refractivity contribution in [3.8, 4) is 0 Å². The Morgan fingerprint density at radius 3 is 2.55 bits per heavy atom. The normalized spacial score (nSPS) is 10.5. The first kappa shape index (κ1) is 20.3. The van der Waals surface area contributed by atoms with Crippen LogP contribution in [-0.2, 0) is 4.74 Å². The van der Waals surface area contributed by atoms with E-state index in [-0.39, 0.29) is 5.97 Å². The molecule has 0 aliphatic carbocycles. The second-order valence-corrected chi connectivity index (χ2v) is 6.63. The summed E-state index contributed by atoms with van der Waals surface area (Å²) in [6, 6.07) is 17.4. The van der Waals surface area contributed by atoms with Crippen LogP contribution in [0.1, 0.15) is 35.6 Å². The van der Waals surface area contributed by atoms with E-state index in [1.807, 2.05) is 37.3 Å². The Balaban J connectivity index is 1.95. The Hall–Kier alpha value is -3.41. The van der Waals surface area contributed by atoms with E-state index in [0.29, 0.717) is 29.5 Å². The van der Waals surface area contributed by atoms with E-state index in [2.05, 4.69) is 52.2 Å². The van der Waals surface area contributed by atoms with Crippen LogP contribution in [0.15, 0.2) is 54.6 Å². The van der Waals surface area contributed by atoms with Crippen LogP contribution in [0.4, 0.5) is 23.0 Å². The number of carbonyl (C=O) groups excluding carboxylic acids is 1. The number of ether oxygens (including phenoxy) is 1. The lowest BCUT2D eigenvalue weighted by molar-refractivity contribution is 0.0527. The average Bonchev–Trinajstić information content (AvgIpc) is 2.69. The summed E-state index contributed by atoms with van der Waals surface area (Å²) in [4.78, 5) is 23.5. The average molecular weight is 390 g/mol. The summed E-state index contributed by atoms with van der Waals surface area (Å²) < 4.78 is 5.16. The van der Waals surface area contributed by atoms with Crippen LogP contribution in [0.3, 0.4) is 0 Å². The maximum atomic E-state index is 12.3. The minimum atomic E-state index is -0.364. The monoisotopic (exact) mass is 390 g/mol. The third kappa shape index (κ3) is 4.90. The SMILES string of the molecule is CCOC(=O)c1ccccc1Nc1cc(N(CC)c2cccc(C)c2)nc(C)n1. The van der Waals surface area contributed by atoms with Crippen molar-refractivity contribution in [2.75, 3.05) is 23.4 Å². The Morgan fingerprint density at radius 2 is 1.83 bits per heavy atom. The number of aromatic nitrogens is 2. The molecule has 1 N–H and O–H groups in total. The third-order valence-electron chi connectivity index (χ3n) is 4.42. The van der Waals surface area contributed by atoms with E-state index in [4.69, 9.17) is 4.74 Å². The molecule has 0 fully saturated rings. The van der Waals surface area contributed by atoms with Crippen LogP contribution < -0.4 is 10.2 Å². The maximum Gasteiger partial charge on any atom is 0.340 e. The van der Waals surface area contributed by atoms with Gasteiger partial charge in [-0.1, -0.05) is 24.3 Å². The molecule has 0 saturated carbocycles. The molecular formula is C23H26N4O2. The molecule has 2 aromatic carbocycles. The number of para-hydroxylation sites is 1. The van der Waals surface area contributed by atoms with Gasteiger partial charge in [-0.3, -0.25) is 0 Å². The molecule has 29 heavy (non-hydrogen) atoms. The molecule has 0 aliphatic heterocycles. The summed E-state index contributed by atoms with van der Waals surface area (Å²) in [6.45, 7) is 8.89. The first-order valence-corrected chi connectivity index (χ1v) is 9.75. The Bertz CT molecular complexity index is 1000. The summed E-state index contributed by atoms with van der Waals surface area (Å²) in [5.74, 6) is 1.69. The number of aryl methyl sites for hydroxylation is 2. The van der Waals surface area contributed by atoms with Gasteiger partial charge in [0.05, 0.1) is 17.9 Å². The van der Waals surface area contributed by atoms with Crippen LogP contribution in [0.2, 0.25) is 0 Å². The molecule has 3 rings (SSSR count). The molecule has 0 unspecified atom stereocenters.